The zero-order chi connectivity index (χ0) is 14.9. The summed E-state index contributed by atoms with van der Waals surface area (Å²) in [5.41, 5.74) is 5.48. The minimum absolute atomic E-state index is 0.0854. The van der Waals surface area contributed by atoms with Crippen molar-refractivity contribution in [1.82, 2.24) is 5.43 Å². The maximum absolute atomic E-state index is 6.04. The number of hydrazine groups is 1. The summed E-state index contributed by atoms with van der Waals surface area (Å²) in [7, 11) is 0. The molecule has 0 aliphatic carbocycles. The molecule has 5 heteroatoms. The summed E-state index contributed by atoms with van der Waals surface area (Å²) in [5.74, 6) is 6.38. The monoisotopic (exact) mass is 354 g/mol. The van der Waals surface area contributed by atoms with Gasteiger partial charge in [0.15, 0.2) is 0 Å². The van der Waals surface area contributed by atoms with Crippen molar-refractivity contribution in [3.05, 3.63) is 33.8 Å². The molecule has 2 saturated heterocycles. The maximum Gasteiger partial charge on any atom is 0.0940 e. The SMILES string of the molecule is Cc1c(Br)cccc1C(NN)C1CCOC2(CCOC2)C1. The first-order valence-corrected chi connectivity index (χ1v) is 8.37. The van der Waals surface area contributed by atoms with Crippen LogP contribution in [0, 0.1) is 12.8 Å². The van der Waals surface area contributed by atoms with Crippen molar-refractivity contribution in [2.45, 2.75) is 37.8 Å². The summed E-state index contributed by atoms with van der Waals surface area (Å²) in [6, 6.07) is 6.47. The van der Waals surface area contributed by atoms with Gasteiger partial charge in [0.1, 0.15) is 0 Å². The molecule has 0 amide bonds. The van der Waals surface area contributed by atoms with Gasteiger partial charge >= 0.3 is 0 Å². The van der Waals surface area contributed by atoms with E-state index in [2.05, 4.69) is 46.5 Å². The van der Waals surface area contributed by atoms with Gasteiger partial charge in [-0.25, -0.2) is 0 Å². The Morgan fingerprint density at radius 2 is 2.29 bits per heavy atom. The molecule has 1 aromatic rings. The fraction of sp³-hybridized carbons (Fsp3) is 0.625. The van der Waals surface area contributed by atoms with Gasteiger partial charge < -0.3 is 9.47 Å². The number of hydrogen-bond donors (Lipinski definition) is 2. The van der Waals surface area contributed by atoms with Crippen LogP contribution >= 0.6 is 15.9 Å². The van der Waals surface area contributed by atoms with Gasteiger partial charge in [-0.1, -0.05) is 28.1 Å². The van der Waals surface area contributed by atoms with Crippen LogP contribution in [0.4, 0.5) is 0 Å². The van der Waals surface area contributed by atoms with E-state index in [1.165, 1.54) is 11.1 Å². The van der Waals surface area contributed by atoms with Crippen LogP contribution in [0.25, 0.3) is 0 Å². The van der Waals surface area contributed by atoms with Gasteiger partial charge in [0.05, 0.1) is 12.2 Å². The van der Waals surface area contributed by atoms with Crippen LogP contribution in [0.15, 0.2) is 22.7 Å². The van der Waals surface area contributed by atoms with Crippen molar-refractivity contribution in [2.75, 3.05) is 19.8 Å². The molecule has 2 heterocycles. The van der Waals surface area contributed by atoms with E-state index in [-0.39, 0.29) is 11.6 Å². The van der Waals surface area contributed by atoms with Crippen LogP contribution in [0.2, 0.25) is 0 Å². The molecule has 2 fully saturated rings. The predicted molar refractivity (Wildman–Crippen MR) is 85.8 cm³/mol. The second-order valence-corrected chi connectivity index (χ2v) is 7.04. The summed E-state index contributed by atoms with van der Waals surface area (Å²) in [5, 5.41) is 0. The topological polar surface area (TPSA) is 56.5 Å². The Bertz CT molecular complexity index is 503. The smallest absolute Gasteiger partial charge is 0.0940 e. The number of hydrogen-bond acceptors (Lipinski definition) is 4. The average molecular weight is 355 g/mol. The van der Waals surface area contributed by atoms with E-state index in [4.69, 9.17) is 15.3 Å². The third-order valence-electron chi connectivity index (χ3n) is 4.89. The molecular formula is C16H23BrN2O2. The molecule has 0 bridgehead atoms. The van der Waals surface area contributed by atoms with Crippen molar-refractivity contribution in [1.29, 1.82) is 0 Å². The minimum Gasteiger partial charge on any atom is -0.378 e. The van der Waals surface area contributed by atoms with Gasteiger partial charge in [-0.15, -0.1) is 0 Å². The lowest BCUT2D eigenvalue weighted by Gasteiger charge is -2.40. The van der Waals surface area contributed by atoms with Gasteiger partial charge in [0.2, 0.25) is 0 Å². The molecule has 0 radical (unpaired) electrons. The first-order valence-electron chi connectivity index (χ1n) is 7.58. The highest BCUT2D eigenvalue weighted by molar-refractivity contribution is 9.10. The largest absolute Gasteiger partial charge is 0.378 e. The van der Waals surface area contributed by atoms with E-state index in [1.807, 2.05) is 0 Å². The lowest BCUT2D eigenvalue weighted by Crippen LogP contribution is -2.45. The normalized spacial score (nSPS) is 30.7. The van der Waals surface area contributed by atoms with Crippen molar-refractivity contribution < 1.29 is 9.47 Å². The van der Waals surface area contributed by atoms with E-state index in [0.717, 1.165) is 43.6 Å². The third-order valence-corrected chi connectivity index (χ3v) is 5.75. The van der Waals surface area contributed by atoms with Crippen LogP contribution in [0.5, 0.6) is 0 Å². The van der Waals surface area contributed by atoms with E-state index < -0.39 is 0 Å². The third kappa shape index (κ3) is 3.03. The lowest BCUT2D eigenvalue weighted by atomic mass is 9.78. The first-order chi connectivity index (χ1) is 10.2. The number of nitrogens with two attached hydrogens (primary N) is 1. The summed E-state index contributed by atoms with van der Waals surface area (Å²) in [4.78, 5) is 0. The molecule has 0 aromatic heterocycles. The van der Waals surface area contributed by atoms with E-state index in [9.17, 15) is 0 Å². The van der Waals surface area contributed by atoms with Crippen LogP contribution in [-0.2, 0) is 9.47 Å². The molecule has 3 atom stereocenters. The molecule has 0 saturated carbocycles. The highest BCUT2D eigenvalue weighted by Crippen LogP contribution is 2.41. The Kier molecular flexibility index (Phi) is 4.66. The van der Waals surface area contributed by atoms with E-state index in [0.29, 0.717) is 5.92 Å². The zero-order valence-corrected chi connectivity index (χ0v) is 14.0. The highest BCUT2D eigenvalue weighted by Gasteiger charge is 2.43. The number of rotatable bonds is 3. The Morgan fingerprint density at radius 3 is 3.00 bits per heavy atom. The molecule has 4 nitrogen and oxygen atoms in total. The van der Waals surface area contributed by atoms with Gasteiger partial charge in [-0.2, -0.15) is 0 Å². The van der Waals surface area contributed by atoms with Crippen molar-refractivity contribution in [2.24, 2.45) is 11.8 Å². The van der Waals surface area contributed by atoms with Crippen LogP contribution in [0.3, 0.4) is 0 Å². The molecule has 2 aliphatic rings. The highest BCUT2D eigenvalue weighted by atomic mass is 79.9. The molecule has 3 N–H and O–H groups in total. The molecule has 116 valence electrons. The molecule has 3 rings (SSSR count). The Labute approximate surface area is 134 Å². The van der Waals surface area contributed by atoms with Crippen LogP contribution in [0.1, 0.15) is 36.4 Å². The van der Waals surface area contributed by atoms with E-state index >= 15 is 0 Å². The van der Waals surface area contributed by atoms with Gasteiger partial charge in [0, 0.05) is 30.1 Å². The second kappa shape index (κ2) is 6.34. The standard InChI is InChI=1S/C16H23BrN2O2/c1-11-13(3-2-4-14(11)17)15(19-18)12-5-7-21-16(9-12)6-8-20-10-16/h2-4,12,15,19H,5-10,18H2,1H3. The number of ether oxygens (including phenoxy) is 2. The number of benzene rings is 1. The van der Waals surface area contributed by atoms with Crippen LogP contribution < -0.4 is 11.3 Å². The van der Waals surface area contributed by atoms with Gasteiger partial charge in [0.25, 0.3) is 0 Å². The van der Waals surface area contributed by atoms with Gasteiger partial charge in [-0.05, 0) is 42.9 Å². The van der Waals surface area contributed by atoms with Crippen molar-refractivity contribution in [3.8, 4) is 0 Å². The molecular weight excluding hydrogens is 332 g/mol. The maximum atomic E-state index is 6.04. The summed E-state index contributed by atoms with van der Waals surface area (Å²) < 4.78 is 12.7. The molecule has 3 unspecified atom stereocenters. The summed E-state index contributed by atoms with van der Waals surface area (Å²) >= 11 is 3.61. The van der Waals surface area contributed by atoms with Crippen molar-refractivity contribution >= 4 is 15.9 Å². The first kappa shape index (κ1) is 15.4. The Balaban J connectivity index is 1.84. The van der Waals surface area contributed by atoms with Crippen molar-refractivity contribution in [3.63, 3.8) is 0 Å². The molecule has 2 aliphatic heterocycles. The Morgan fingerprint density at radius 1 is 1.43 bits per heavy atom. The summed E-state index contributed by atoms with van der Waals surface area (Å²) in [6.07, 6.45) is 3.04. The Hall–Kier alpha value is -0.460. The van der Waals surface area contributed by atoms with Gasteiger partial charge in [-0.3, -0.25) is 11.3 Å². The average Bonchev–Trinajstić information content (AvgIpc) is 2.92. The quantitative estimate of drug-likeness (QED) is 0.647. The fourth-order valence-electron chi connectivity index (χ4n) is 3.65. The minimum atomic E-state index is -0.0854. The van der Waals surface area contributed by atoms with E-state index in [1.54, 1.807) is 0 Å². The zero-order valence-electron chi connectivity index (χ0n) is 12.4. The molecule has 1 aromatic carbocycles. The fourth-order valence-corrected chi connectivity index (χ4v) is 4.04. The second-order valence-electron chi connectivity index (χ2n) is 6.19. The number of halogens is 1. The van der Waals surface area contributed by atoms with Crippen LogP contribution in [-0.4, -0.2) is 25.4 Å². The predicted octanol–water partition coefficient (Wildman–Crippen LogP) is 2.85. The molecule has 21 heavy (non-hydrogen) atoms. The number of nitrogens with one attached hydrogen (secondary N) is 1. The summed E-state index contributed by atoms with van der Waals surface area (Å²) in [6.45, 7) is 4.46. The lowest BCUT2D eigenvalue weighted by molar-refractivity contribution is -0.103. The molecule has 1 spiro atoms.